The van der Waals surface area contributed by atoms with E-state index in [2.05, 4.69) is 48.8 Å². The van der Waals surface area contributed by atoms with Crippen LogP contribution >= 0.6 is 61.9 Å². The summed E-state index contributed by atoms with van der Waals surface area (Å²) in [6, 6.07) is 15.6. The maximum atomic E-state index is 12.6. The summed E-state index contributed by atoms with van der Waals surface area (Å²) in [6.45, 7) is 4.38. The minimum atomic E-state index is -0.214. The van der Waals surface area contributed by atoms with E-state index in [-0.39, 0.29) is 5.91 Å². The van der Waals surface area contributed by atoms with E-state index in [1.807, 2.05) is 50.2 Å². The number of nitrogens with one attached hydrogen (secondary N) is 1. The number of aliphatic imine (C=N–C) groups is 1. The van der Waals surface area contributed by atoms with Gasteiger partial charge in [0.25, 0.3) is 5.91 Å². The summed E-state index contributed by atoms with van der Waals surface area (Å²) in [7, 11) is 1.56. The van der Waals surface area contributed by atoms with Crippen LogP contribution in [-0.2, 0) is 11.4 Å². The zero-order chi connectivity index (χ0) is 25.1. The third kappa shape index (κ3) is 6.41. The molecule has 1 heterocycles. The van der Waals surface area contributed by atoms with Gasteiger partial charge in [-0.05, 0) is 113 Å². The van der Waals surface area contributed by atoms with Gasteiger partial charge in [0.2, 0.25) is 0 Å². The van der Waals surface area contributed by atoms with Crippen LogP contribution in [0.4, 0.5) is 5.69 Å². The van der Waals surface area contributed by atoms with Crippen LogP contribution in [-0.4, -0.2) is 18.2 Å². The SMILES string of the molecule is COc1cc(/C=C2\SC(=Nc3cc(C)c(Br)c(C)c3)NC2=O)cc(Cl)c1OCc1ccc(I)cc1. The Labute approximate surface area is 235 Å². The molecule has 180 valence electrons. The van der Waals surface area contributed by atoms with Crippen molar-refractivity contribution in [3.8, 4) is 11.5 Å². The van der Waals surface area contributed by atoms with E-state index in [9.17, 15) is 4.79 Å². The van der Waals surface area contributed by atoms with Gasteiger partial charge in [-0.3, -0.25) is 4.79 Å². The van der Waals surface area contributed by atoms with Crippen LogP contribution < -0.4 is 14.8 Å². The number of rotatable bonds is 6. The molecule has 35 heavy (non-hydrogen) atoms. The number of carbonyl (C=O) groups excluding carboxylic acids is 1. The molecule has 1 aliphatic heterocycles. The summed E-state index contributed by atoms with van der Waals surface area (Å²) in [6.07, 6.45) is 1.76. The average Bonchev–Trinajstić information content (AvgIpc) is 3.15. The highest BCUT2D eigenvalue weighted by Crippen LogP contribution is 2.39. The number of halogens is 3. The van der Waals surface area contributed by atoms with Gasteiger partial charge in [0, 0.05) is 8.04 Å². The van der Waals surface area contributed by atoms with Crippen molar-refractivity contribution < 1.29 is 14.3 Å². The molecule has 0 aromatic heterocycles. The van der Waals surface area contributed by atoms with E-state index >= 15 is 0 Å². The molecule has 0 bridgehead atoms. The van der Waals surface area contributed by atoms with Crippen molar-refractivity contribution >= 4 is 84.7 Å². The predicted octanol–water partition coefficient (Wildman–Crippen LogP) is 7.80. The third-order valence-corrected chi connectivity index (χ3v) is 8.31. The topological polar surface area (TPSA) is 59.9 Å². The van der Waals surface area contributed by atoms with Gasteiger partial charge in [0.1, 0.15) is 6.61 Å². The van der Waals surface area contributed by atoms with Crippen LogP contribution in [0.25, 0.3) is 6.08 Å². The third-order valence-electron chi connectivity index (χ3n) is 5.15. The first kappa shape index (κ1) is 26.1. The Kier molecular flexibility index (Phi) is 8.46. The molecule has 1 saturated heterocycles. The fourth-order valence-corrected chi connectivity index (χ4v) is 5.14. The number of benzene rings is 3. The van der Waals surface area contributed by atoms with Crippen molar-refractivity contribution in [2.75, 3.05) is 7.11 Å². The summed E-state index contributed by atoms with van der Waals surface area (Å²) >= 11 is 13.6. The number of amidine groups is 1. The summed E-state index contributed by atoms with van der Waals surface area (Å²) in [5.41, 5.74) is 4.70. The first-order valence-electron chi connectivity index (χ1n) is 10.5. The number of amides is 1. The van der Waals surface area contributed by atoms with Gasteiger partial charge in [-0.1, -0.05) is 39.7 Å². The Hall–Kier alpha value is -2.01. The first-order valence-corrected chi connectivity index (χ1v) is 13.6. The molecule has 1 fully saturated rings. The molecule has 1 aliphatic rings. The maximum Gasteiger partial charge on any atom is 0.264 e. The Morgan fingerprint density at radius 1 is 1.14 bits per heavy atom. The molecule has 0 atom stereocenters. The van der Waals surface area contributed by atoms with Crippen molar-refractivity contribution in [2.45, 2.75) is 20.5 Å². The number of hydrogen-bond donors (Lipinski definition) is 1. The molecule has 0 spiro atoms. The molecule has 5 nitrogen and oxygen atoms in total. The first-order chi connectivity index (χ1) is 16.7. The van der Waals surface area contributed by atoms with Crippen LogP contribution in [0.5, 0.6) is 11.5 Å². The van der Waals surface area contributed by atoms with Gasteiger partial charge in [-0.15, -0.1) is 0 Å². The van der Waals surface area contributed by atoms with Gasteiger partial charge in [0.05, 0.1) is 22.7 Å². The highest BCUT2D eigenvalue weighted by atomic mass is 127. The Morgan fingerprint density at radius 2 is 1.83 bits per heavy atom. The van der Waals surface area contributed by atoms with Crippen molar-refractivity contribution in [3.63, 3.8) is 0 Å². The number of ether oxygens (including phenoxy) is 2. The summed E-state index contributed by atoms with van der Waals surface area (Å²) in [5.74, 6) is 0.739. The highest BCUT2D eigenvalue weighted by molar-refractivity contribution is 14.1. The minimum Gasteiger partial charge on any atom is -0.493 e. The summed E-state index contributed by atoms with van der Waals surface area (Å²) in [5, 5.41) is 3.76. The second-order valence-corrected chi connectivity index (χ2v) is 11.3. The van der Waals surface area contributed by atoms with E-state index in [1.165, 1.54) is 11.8 Å². The van der Waals surface area contributed by atoms with E-state index in [0.717, 1.165) is 36.0 Å². The normalized spacial score (nSPS) is 15.5. The fourth-order valence-electron chi connectivity index (χ4n) is 3.44. The lowest BCUT2D eigenvalue weighted by atomic mass is 10.1. The predicted molar refractivity (Wildman–Crippen MR) is 156 cm³/mol. The second-order valence-electron chi connectivity index (χ2n) is 7.82. The van der Waals surface area contributed by atoms with Gasteiger partial charge >= 0.3 is 0 Å². The van der Waals surface area contributed by atoms with Gasteiger partial charge in [-0.25, -0.2) is 4.99 Å². The standard InChI is InChI=1S/C26H21BrClIN2O3S/c1-14-8-19(9-15(2)23(14)27)30-26-31-25(32)22(35-26)12-17-10-20(28)24(21(11-17)33-3)34-13-16-4-6-18(29)7-5-16/h4-12H,13H2,1-3H3,(H,30,31,32)/b22-12-. The fraction of sp³-hybridized carbons (Fsp3) is 0.154. The second kappa shape index (κ2) is 11.4. The molecule has 1 amide bonds. The zero-order valence-corrected chi connectivity index (χ0v) is 24.4. The lowest BCUT2D eigenvalue weighted by Crippen LogP contribution is -2.19. The molecule has 0 aliphatic carbocycles. The molecule has 0 saturated carbocycles. The lowest BCUT2D eigenvalue weighted by molar-refractivity contribution is -0.115. The van der Waals surface area contributed by atoms with Crippen LogP contribution in [0.15, 0.2) is 62.9 Å². The van der Waals surface area contributed by atoms with E-state index in [0.29, 0.717) is 33.2 Å². The molecule has 0 radical (unpaired) electrons. The number of thioether (sulfide) groups is 1. The quantitative estimate of drug-likeness (QED) is 0.213. The van der Waals surface area contributed by atoms with Crippen LogP contribution in [0.2, 0.25) is 5.02 Å². The summed E-state index contributed by atoms with van der Waals surface area (Å²) < 4.78 is 13.7. The van der Waals surface area contributed by atoms with Crippen LogP contribution in [0.1, 0.15) is 22.3 Å². The molecule has 4 rings (SSSR count). The smallest absolute Gasteiger partial charge is 0.264 e. The largest absolute Gasteiger partial charge is 0.493 e. The molecular formula is C26H21BrClIN2O3S. The van der Waals surface area contributed by atoms with Gasteiger partial charge in [0.15, 0.2) is 16.7 Å². The Morgan fingerprint density at radius 3 is 2.49 bits per heavy atom. The van der Waals surface area contributed by atoms with Gasteiger partial charge < -0.3 is 14.8 Å². The van der Waals surface area contributed by atoms with Crippen molar-refractivity contribution in [1.29, 1.82) is 0 Å². The van der Waals surface area contributed by atoms with Crippen LogP contribution in [0.3, 0.4) is 0 Å². The highest BCUT2D eigenvalue weighted by Gasteiger charge is 2.24. The zero-order valence-electron chi connectivity index (χ0n) is 19.1. The van der Waals surface area contributed by atoms with Crippen molar-refractivity contribution in [1.82, 2.24) is 5.32 Å². The lowest BCUT2D eigenvalue weighted by Gasteiger charge is -2.13. The van der Waals surface area contributed by atoms with E-state index < -0.39 is 0 Å². The molecular weight excluding hydrogens is 663 g/mol. The number of hydrogen-bond acceptors (Lipinski definition) is 5. The Balaban J connectivity index is 1.54. The number of nitrogens with zero attached hydrogens (tertiary/aromatic N) is 1. The minimum absolute atomic E-state index is 0.214. The van der Waals surface area contributed by atoms with Gasteiger partial charge in [-0.2, -0.15) is 0 Å². The molecule has 3 aromatic carbocycles. The maximum absolute atomic E-state index is 12.6. The van der Waals surface area contributed by atoms with E-state index in [4.69, 9.17) is 21.1 Å². The summed E-state index contributed by atoms with van der Waals surface area (Å²) in [4.78, 5) is 17.7. The van der Waals surface area contributed by atoms with Crippen LogP contribution in [0, 0.1) is 17.4 Å². The number of carbonyl (C=O) groups is 1. The molecule has 3 aromatic rings. The molecule has 0 unspecified atom stereocenters. The average molecular weight is 684 g/mol. The molecule has 9 heteroatoms. The number of methoxy groups -OCH3 is 1. The van der Waals surface area contributed by atoms with Crippen molar-refractivity contribution in [3.05, 3.63) is 88.8 Å². The molecule has 1 N–H and O–H groups in total. The van der Waals surface area contributed by atoms with E-state index in [1.54, 1.807) is 25.3 Å². The monoisotopic (exact) mass is 682 g/mol. The van der Waals surface area contributed by atoms with Crippen molar-refractivity contribution in [2.24, 2.45) is 4.99 Å². The number of aryl methyl sites for hydroxylation is 2. The Bertz CT molecular complexity index is 1340.